The number of aryl methyl sites for hydroxylation is 2. The predicted octanol–water partition coefficient (Wildman–Crippen LogP) is 5.68. The highest BCUT2D eigenvalue weighted by Crippen LogP contribution is 2.30. The molecule has 2 heterocycles. The molecule has 0 bridgehead atoms. The molecular weight excluding hydrogens is 458 g/mol. The van der Waals surface area contributed by atoms with Gasteiger partial charge in [0.25, 0.3) is 5.91 Å². The fraction of sp³-hybridized carbons (Fsp3) is 0.259. The van der Waals surface area contributed by atoms with Crippen LogP contribution in [0.2, 0.25) is 0 Å². The average molecular weight is 488 g/mol. The van der Waals surface area contributed by atoms with Gasteiger partial charge in [0, 0.05) is 11.3 Å². The quantitative estimate of drug-likeness (QED) is 0.206. The van der Waals surface area contributed by atoms with Gasteiger partial charge in [-0.25, -0.2) is 5.43 Å². The number of benzene rings is 2. The summed E-state index contributed by atoms with van der Waals surface area (Å²) < 4.78 is 7.40. The molecular formula is C27H29N5O2S. The van der Waals surface area contributed by atoms with Crippen molar-refractivity contribution in [1.82, 2.24) is 20.2 Å². The first-order valence-electron chi connectivity index (χ1n) is 11.4. The number of furan rings is 1. The van der Waals surface area contributed by atoms with E-state index in [-0.39, 0.29) is 17.1 Å². The molecule has 0 aliphatic heterocycles. The molecule has 0 aliphatic carbocycles. The SMILES string of the molecule is Cc1ccc(-n2c(SCC(=O)NN=Cc3ccc(C)o3)nnc2-c2ccc(C(C)(C)C)cc2)cc1. The molecule has 4 aromatic rings. The van der Waals surface area contributed by atoms with Gasteiger partial charge in [-0.05, 0) is 49.1 Å². The average Bonchev–Trinajstić information content (AvgIpc) is 3.44. The highest BCUT2D eigenvalue weighted by Gasteiger charge is 2.19. The molecule has 0 fully saturated rings. The summed E-state index contributed by atoms with van der Waals surface area (Å²) in [5, 5.41) is 13.5. The Morgan fingerprint density at radius 3 is 2.37 bits per heavy atom. The van der Waals surface area contributed by atoms with Gasteiger partial charge in [0.05, 0.1) is 12.0 Å². The summed E-state index contributed by atoms with van der Waals surface area (Å²) in [5.41, 5.74) is 6.90. The number of carbonyl (C=O) groups excluding carboxylic acids is 1. The van der Waals surface area contributed by atoms with E-state index in [1.54, 1.807) is 6.07 Å². The summed E-state index contributed by atoms with van der Waals surface area (Å²) in [6.45, 7) is 10.5. The number of amides is 1. The second kappa shape index (κ2) is 10.3. The molecule has 35 heavy (non-hydrogen) atoms. The van der Waals surface area contributed by atoms with Gasteiger partial charge in [-0.15, -0.1) is 10.2 Å². The smallest absolute Gasteiger partial charge is 0.250 e. The molecule has 180 valence electrons. The van der Waals surface area contributed by atoms with E-state index in [9.17, 15) is 4.79 Å². The van der Waals surface area contributed by atoms with Crippen LogP contribution in [0.3, 0.4) is 0 Å². The van der Waals surface area contributed by atoms with Crippen LogP contribution in [-0.4, -0.2) is 32.6 Å². The van der Waals surface area contributed by atoms with E-state index in [4.69, 9.17) is 4.42 Å². The molecule has 0 spiro atoms. The van der Waals surface area contributed by atoms with Crippen LogP contribution in [0.1, 0.15) is 43.4 Å². The largest absolute Gasteiger partial charge is 0.460 e. The number of nitrogens with one attached hydrogen (secondary N) is 1. The number of hydrogen-bond donors (Lipinski definition) is 1. The zero-order valence-electron chi connectivity index (χ0n) is 20.6. The van der Waals surface area contributed by atoms with Gasteiger partial charge in [-0.1, -0.05) is 74.5 Å². The molecule has 0 aliphatic rings. The number of hydrazone groups is 1. The summed E-state index contributed by atoms with van der Waals surface area (Å²) in [6.07, 6.45) is 1.48. The molecule has 2 aromatic carbocycles. The Bertz CT molecular complexity index is 1330. The third-order valence-electron chi connectivity index (χ3n) is 5.41. The molecule has 0 atom stereocenters. The minimum atomic E-state index is -0.246. The molecule has 1 amide bonds. The first-order valence-corrected chi connectivity index (χ1v) is 12.3. The third-order valence-corrected chi connectivity index (χ3v) is 6.34. The second-order valence-corrected chi connectivity index (χ2v) is 10.3. The number of aromatic nitrogens is 3. The minimum Gasteiger partial charge on any atom is -0.460 e. The fourth-order valence-electron chi connectivity index (χ4n) is 3.45. The number of carbonyl (C=O) groups is 1. The Balaban J connectivity index is 1.55. The number of nitrogens with zero attached hydrogens (tertiary/aromatic N) is 4. The highest BCUT2D eigenvalue weighted by molar-refractivity contribution is 7.99. The molecule has 7 nitrogen and oxygen atoms in total. The number of thioether (sulfide) groups is 1. The maximum atomic E-state index is 12.4. The van der Waals surface area contributed by atoms with Gasteiger partial charge in [-0.3, -0.25) is 9.36 Å². The van der Waals surface area contributed by atoms with Crippen molar-refractivity contribution in [3.63, 3.8) is 0 Å². The molecule has 1 N–H and O–H groups in total. The van der Waals surface area contributed by atoms with Crippen molar-refractivity contribution in [1.29, 1.82) is 0 Å². The van der Waals surface area contributed by atoms with Crippen LogP contribution in [0.15, 0.2) is 75.3 Å². The van der Waals surface area contributed by atoms with Crippen LogP contribution in [0.5, 0.6) is 0 Å². The maximum Gasteiger partial charge on any atom is 0.250 e. The van der Waals surface area contributed by atoms with Crippen LogP contribution in [-0.2, 0) is 10.2 Å². The first-order chi connectivity index (χ1) is 16.7. The molecule has 2 aromatic heterocycles. The number of hydrogen-bond acceptors (Lipinski definition) is 6. The lowest BCUT2D eigenvalue weighted by atomic mass is 9.87. The standard InChI is InChI=1S/C27H29N5O2S/c1-18-6-13-22(14-7-18)32-25(20-9-11-21(12-10-20)27(3,4)5)30-31-26(32)35-17-24(33)29-28-16-23-15-8-19(2)34-23/h6-16H,17H2,1-5H3,(H,29,33). The summed E-state index contributed by atoms with van der Waals surface area (Å²) >= 11 is 1.31. The van der Waals surface area contributed by atoms with Crippen LogP contribution in [0.25, 0.3) is 17.1 Å². The summed E-state index contributed by atoms with van der Waals surface area (Å²) in [4.78, 5) is 12.4. The van der Waals surface area contributed by atoms with Crippen molar-refractivity contribution in [3.8, 4) is 17.1 Å². The van der Waals surface area contributed by atoms with Gasteiger partial charge < -0.3 is 4.42 Å². The summed E-state index contributed by atoms with van der Waals surface area (Å²) in [5.74, 6) is 1.98. The summed E-state index contributed by atoms with van der Waals surface area (Å²) in [7, 11) is 0. The Labute approximate surface area is 209 Å². The summed E-state index contributed by atoms with van der Waals surface area (Å²) in [6, 6.07) is 20.2. The van der Waals surface area contributed by atoms with Gasteiger partial charge >= 0.3 is 0 Å². The van der Waals surface area contributed by atoms with Crippen molar-refractivity contribution in [2.45, 2.75) is 45.2 Å². The zero-order chi connectivity index (χ0) is 25.0. The van der Waals surface area contributed by atoms with E-state index in [0.717, 1.165) is 28.4 Å². The first kappa shape index (κ1) is 24.5. The predicted molar refractivity (Wildman–Crippen MR) is 140 cm³/mol. The van der Waals surface area contributed by atoms with Crippen molar-refractivity contribution in [2.24, 2.45) is 5.10 Å². The maximum absolute atomic E-state index is 12.4. The van der Waals surface area contributed by atoms with Crippen LogP contribution < -0.4 is 5.43 Å². The van der Waals surface area contributed by atoms with Gasteiger partial charge in [-0.2, -0.15) is 5.10 Å². The Morgan fingerprint density at radius 2 is 1.74 bits per heavy atom. The van der Waals surface area contributed by atoms with E-state index in [1.165, 1.54) is 23.5 Å². The topological polar surface area (TPSA) is 85.3 Å². The van der Waals surface area contributed by atoms with E-state index >= 15 is 0 Å². The van der Waals surface area contributed by atoms with Gasteiger partial charge in [0.1, 0.15) is 11.5 Å². The fourth-order valence-corrected chi connectivity index (χ4v) is 4.19. The van der Waals surface area contributed by atoms with Crippen LogP contribution in [0.4, 0.5) is 0 Å². The Morgan fingerprint density at radius 1 is 1.03 bits per heavy atom. The van der Waals surface area contributed by atoms with E-state index in [2.05, 4.69) is 65.8 Å². The molecule has 0 saturated heterocycles. The molecule has 4 rings (SSSR count). The van der Waals surface area contributed by atoms with Crippen LogP contribution >= 0.6 is 11.8 Å². The monoisotopic (exact) mass is 487 g/mol. The highest BCUT2D eigenvalue weighted by atomic mass is 32.2. The van der Waals surface area contributed by atoms with E-state index in [1.807, 2.05) is 48.7 Å². The lowest BCUT2D eigenvalue weighted by Gasteiger charge is -2.19. The Hall–Kier alpha value is -3.65. The third kappa shape index (κ3) is 6.08. The molecule has 0 unspecified atom stereocenters. The lowest BCUT2D eigenvalue weighted by molar-refractivity contribution is -0.118. The van der Waals surface area contributed by atoms with Gasteiger partial charge in [0.2, 0.25) is 0 Å². The molecule has 0 radical (unpaired) electrons. The normalized spacial score (nSPS) is 11.8. The van der Waals surface area contributed by atoms with Crippen molar-refractivity contribution in [2.75, 3.05) is 5.75 Å². The van der Waals surface area contributed by atoms with Crippen LogP contribution in [0, 0.1) is 13.8 Å². The molecule has 0 saturated carbocycles. The number of rotatable bonds is 7. The molecule has 8 heteroatoms. The van der Waals surface area contributed by atoms with Crippen molar-refractivity contribution >= 4 is 23.9 Å². The van der Waals surface area contributed by atoms with Gasteiger partial charge in [0.15, 0.2) is 11.0 Å². The minimum absolute atomic E-state index is 0.0653. The van der Waals surface area contributed by atoms with Crippen molar-refractivity contribution < 1.29 is 9.21 Å². The zero-order valence-corrected chi connectivity index (χ0v) is 21.4. The second-order valence-electron chi connectivity index (χ2n) is 9.33. The van der Waals surface area contributed by atoms with E-state index in [0.29, 0.717) is 10.9 Å². The Kier molecular flexibility index (Phi) is 7.21. The lowest BCUT2D eigenvalue weighted by Crippen LogP contribution is -2.19. The van der Waals surface area contributed by atoms with Crippen molar-refractivity contribution in [3.05, 3.63) is 83.3 Å². The van der Waals surface area contributed by atoms with E-state index < -0.39 is 0 Å².